The van der Waals surface area contributed by atoms with Crippen molar-refractivity contribution in [3.05, 3.63) is 40.6 Å². The van der Waals surface area contributed by atoms with Crippen LogP contribution in [0.1, 0.15) is 29.9 Å². The Morgan fingerprint density at radius 2 is 2.17 bits per heavy atom. The maximum atomic E-state index is 6.19. The number of nitrogens with one attached hydrogen (secondary N) is 1. The van der Waals surface area contributed by atoms with Crippen molar-refractivity contribution in [1.29, 1.82) is 0 Å². The van der Waals surface area contributed by atoms with E-state index in [9.17, 15) is 0 Å². The molecule has 2 aromatic heterocycles. The first-order valence-corrected chi connectivity index (χ1v) is 6.52. The highest BCUT2D eigenvalue weighted by Crippen LogP contribution is 2.26. The van der Waals surface area contributed by atoms with Crippen molar-refractivity contribution >= 4 is 17.5 Å². The summed E-state index contributed by atoms with van der Waals surface area (Å²) in [7, 11) is 0. The van der Waals surface area contributed by atoms with Gasteiger partial charge >= 0.3 is 0 Å². The van der Waals surface area contributed by atoms with Gasteiger partial charge in [-0.05, 0) is 37.8 Å². The SMILES string of the molecule is Clc1nc(NCc2ccco2)nc2c1CCCC2. The van der Waals surface area contributed by atoms with Crippen LogP contribution in [0.4, 0.5) is 5.95 Å². The van der Waals surface area contributed by atoms with E-state index in [2.05, 4.69) is 15.3 Å². The number of fused-ring (bicyclic) bond motifs is 1. The van der Waals surface area contributed by atoms with Crippen LogP contribution < -0.4 is 5.32 Å². The van der Waals surface area contributed by atoms with Gasteiger partial charge in [0.2, 0.25) is 5.95 Å². The van der Waals surface area contributed by atoms with Crippen LogP contribution in [0.25, 0.3) is 0 Å². The maximum absolute atomic E-state index is 6.19. The fraction of sp³-hybridized carbons (Fsp3) is 0.385. The number of anilines is 1. The van der Waals surface area contributed by atoms with Crippen molar-refractivity contribution in [2.24, 2.45) is 0 Å². The molecule has 0 bridgehead atoms. The zero-order valence-electron chi connectivity index (χ0n) is 9.95. The number of furan rings is 1. The quantitative estimate of drug-likeness (QED) is 0.864. The number of aryl methyl sites for hydroxylation is 1. The molecule has 0 radical (unpaired) electrons. The zero-order valence-corrected chi connectivity index (χ0v) is 10.7. The van der Waals surface area contributed by atoms with Crippen LogP contribution in [-0.4, -0.2) is 9.97 Å². The van der Waals surface area contributed by atoms with E-state index in [4.69, 9.17) is 16.0 Å². The predicted octanol–water partition coefficient (Wildman–Crippen LogP) is 3.21. The number of hydrogen-bond donors (Lipinski definition) is 1. The molecule has 0 fully saturated rings. The van der Waals surface area contributed by atoms with Crippen LogP contribution in [-0.2, 0) is 19.4 Å². The van der Waals surface area contributed by atoms with Crippen LogP contribution in [0.2, 0.25) is 5.15 Å². The third-order valence-corrected chi connectivity index (χ3v) is 3.45. The number of aromatic nitrogens is 2. The first kappa shape index (κ1) is 11.5. The van der Waals surface area contributed by atoms with E-state index in [-0.39, 0.29) is 0 Å². The fourth-order valence-corrected chi connectivity index (χ4v) is 2.49. The summed E-state index contributed by atoms with van der Waals surface area (Å²) in [5.74, 6) is 1.43. The second-order valence-electron chi connectivity index (χ2n) is 4.40. The molecular formula is C13H14ClN3O. The molecule has 2 aromatic rings. The third-order valence-electron chi connectivity index (χ3n) is 3.13. The van der Waals surface area contributed by atoms with Crippen molar-refractivity contribution < 1.29 is 4.42 Å². The van der Waals surface area contributed by atoms with Crippen LogP contribution in [0, 0.1) is 0 Å². The molecule has 0 atom stereocenters. The normalized spacial score (nSPS) is 14.3. The van der Waals surface area contributed by atoms with E-state index in [0.29, 0.717) is 17.6 Å². The molecule has 1 aliphatic rings. The lowest BCUT2D eigenvalue weighted by Crippen LogP contribution is -2.11. The molecule has 2 heterocycles. The highest BCUT2D eigenvalue weighted by Gasteiger charge is 2.16. The standard InChI is InChI=1S/C13H14ClN3O/c14-12-10-5-1-2-6-11(10)16-13(17-12)15-8-9-4-3-7-18-9/h3-4,7H,1-2,5-6,8H2,(H,15,16,17). The summed E-state index contributed by atoms with van der Waals surface area (Å²) in [5, 5.41) is 3.72. The Labute approximate surface area is 110 Å². The lowest BCUT2D eigenvalue weighted by Gasteiger charge is -2.16. The molecule has 3 rings (SSSR count). The summed E-state index contributed by atoms with van der Waals surface area (Å²) >= 11 is 6.19. The molecule has 0 unspecified atom stereocenters. The van der Waals surface area contributed by atoms with Crippen molar-refractivity contribution in [3.63, 3.8) is 0 Å². The van der Waals surface area contributed by atoms with Gasteiger partial charge in [0, 0.05) is 5.56 Å². The molecule has 1 N–H and O–H groups in total. The highest BCUT2D eigenvalue weighted by atomic mass is 35.5. The summed E-state index contributed by atoms with van der Waals surface area (Å²) in [6.45, 7) is 0.572. The predicted molar refractivity (Wildman–Crippen MR) is 69.7 cm³/mol. The van der Waals surface area contributed by atoms with E-state index in [0.717, 1.165) is 29.9 Å². The first-order chi connectivity index (χ1) is 8.83. The second kappa shape index (κ2) is 4.98. The minimum Gasteiger partial charge on any atom is -0.467 e. The number of nitrogens with zero attached hydrogens (tertiary/aromatic N) is 2. The molecule has 4 nitrogen and oxygen atoms in total. The Morgan fingerprint density at radius 1 is 1.28 bits per heavy atom. The summed E-state index contributed by atoms with van der Waals surface area (Å²) in [4.78, 5) is 8.81. The Hall–Kier alpha value is -1.55. The van der Waals surface area contributed by atoms with E-state index < -0.39 is 0 Å². The lowest BCUT2D eigenvalue weighted by molar-refractivity contribution is 0.517. The van der Waals surface area contributed by atoms with Crippen molar-refractivity contribution in [2.45, 2.75) is 32.2 Å². The monoisotopic (exact) mass is 263 g/mol. The highest BCUT2D eigenvalue weighted by molar-refractivity contribution is 6.30. The smallest absolute Gasteiger partial charge is 0.224 e. The Bertz CT molecular complexity index is 539. The number of halogens is 1. The topological polar surface area (TPSA) is 51.0 Å². The van der Waals surface area contributed by atoms with Crippen LogP contribution in [0.5, 0.6) is 0 Å². The van der Waals surface area contributed by atoms with Crippen molar-refractivity contribution in [1.82, 2.24) is 9.97 Å². The summed E-state index contributed by atoms with van der Waals surface area (Å²) in [6, 6.07) is 3.77. The van der Waals surface area contributed by atoms with Crippen molar-refractivity contribution in [3.8, 4) is 0 Å². The molecule has 0 amide bonds. The van der Waals surface area contributed by atoms with Crippen molar-refractivity contribution in [2.75, 3.05) is 5.32 Å². The lowest BCUT2D eigenvalue weighted by atomic mass is 9.97. The van der Waals surface area contributed by atoms with Gasteiger partial charge in [-0.3, -0.25) is 0 Å². The second-order valence-corrected chi connectivity index (χ2v) is 4.76. The van der Waals surface area contributed by atoms with Gasteiger partial charge in [-0.2, -0.15) is 0 Å². The Morgan fingerprint density at radius 3 is 3.00 bits per heavy atom. The van der Waals surface area contributed by atoms with E-state index >= 15 is 0 Å². The molecule has 5 heteroatoms. The molecule has 0 spiro atoms. The molecule has 0 saturated carbocycles. The van der Waals surface area contributed by atoms with Gasteiger partial charge in [-0.15, -0.1) is 0 Å². The van der Waals surface area contributed by atoms with E-state index in [1.807, 2.05) is 12.1 Å². The number of rotatable bonds is 3. The molecule has 94 valence electrons. The minimum atomic E-state index is 0.572. The molecule has 1 aliphatic carbocycles. The molecule has 0 aromatic carbocycles. The van der Waals surface area contributed by atoms with Gasteiger partial charge in [0.15, 0.2) is 0 Å². The van der Waals surface area contributed by atoms with Gasteiger partial charge in [-0.25, -0.2) is 9.97 Å². The van der Waals surface area contributed by atoms with Gasteiger partial charge in [0.05, 0.1) is 18.5 Å². The molecule has 18 heavy (non-hydrogen) atoms. The van der Waals surface area contributed by atoms with Gasteiger partial charge in [-0.1, -0.05) is 11.6 Å². The Balaban J connectivity index is 1.78. The van der Waals surface area contributed by atoms with Gasteiger partial charge in [0.25, 0.3) is 0 Å². The van der Waals surface area contributed by atoms with Crippen LogP contribution >= 0.6 is 11.6 Å². The van der Waals surface area contributed by atoms with Crippen LogP contribution in [0.15, 0.2) is 22.8 Å². The van der Waals surface area contributed by atoms with E-state index in [1.54, 1.807) is 6.26 Å². The summed E-state index contributed by atoms with van der Waals surface area (Å²) < 4.78 is 5.25. The first-order valence-electron chi connectivity index (χ1n) is 6.14. The number of hydrogen-bond acceptors (Lipinski definition) is 4. The molecule has 0 aliphatic heterocycles. The Kier molecular flexibility index (Phi) is 3.19. The van der Waals surface area contributed by atoms with Gasteiger partial charge in [0.1, 0.15) is 10.9 Å². The summed E-state index contributed by atoms with van der Waals surface area (Å²) in [5.41, 5.74) is 2.20. The molecular weight excluding hydrogens is 250 g/mol. The average Bonchev–Trinajstić information content (AvgIpc) is 2.90. The maximum Gasteiger partial charge on any atom is 0.224 e. The third kappa shape index (κ3) is 2.34. The van der Waals surface area contributed by atoms with Crippen LogP contribution in [0.3, 0.4) is 0 Å². The fourth-order valence-electron chi connectivity index (χ4n) is 2.21. The minimum absolute atomic E-state index is 0.572. The van der Waals surface area contributed by atoms with E-state index in [1.165, 1.54) is 12.8 Å². The molecule has 0 saturated heterocycles. The largest absolute Gasteiger partial charge is 0.467 e. The average molecular weight is 264 g/mol. The summed E-state index contributed by atoms with van der Waals surface area (Å²) in [6.07, 6.45) is 5.99. The van der Waals surface area contributed by atoms with Gasteiger partial charge < -0.3 is 9.73 Å². The zero-order chi connectivity index (χ0) is 12.4.